The number of aryl methyl sites for hydroxylation is 2. The van der Waals surface area contributed by atoms with E-state index in [0.29, 0.717) is 5.75 Å². The van der Waals surface area contributed by atoms with Gasteiger partial charge in [-0.1, -0.05) is 35.1 Å². The summed E-state index contributed by atoms with van der Waals surface area (Å²) in [5.41, 5.74) is 3.63. The van der Waals surface area contributed by atoms with Crippen molar-refractivity contribution in [3.63, 3.8) is 0 Å². The van der Waals surface area contributed by atoms with E-state index in [0.717, 1.165) is 12.1 Å². The van der Waals surface area contributed by atoms with Crippen molar-refractivity contribution in [3.05, 3.63) is 58.6 Å². The maximum Gasteiger partial charge on any atom is 0.308 e. The Hall–Kier alpha value is -1.72. The summed E-state index contributed by atoms with van der Waals surface area (Å²) in [7, 11) is 0. The van der Waals surface area contributed by atoms with Gasteiger partial charge in [-0.15, -0.1) is 0 Å². The number of aromatic nitrogens is 1. The molecule has 0 N–H and O–H groups in total. The van der Waals surface area contributed by atoms with Gasteiger partial charge in [-0.05, 0) is 25.1 Å². The van der Waals surface area contributed by atoms with Gasteiger partial charge in [0.2, 0.25) is 10.5 Å². The van der Waals surface area contributed by atoms with Crippen LogP contribution in [-0.2, 0) is 11.3 Å². The first-order valence-corrected chi connectivity index (χ1v) is 8.01. The number of fused-ring (bicyclic) bond motifs is 1. The van der Waals surface area contributed by atoms with Gasteiger partial charge in [-0.25, -0.2) is 0 Å². The Bertz CT molecular complexity index is 857. The van der Waals surface area contributed by atoms with Crippen molar-refractivity contribution in [2.45, 2.75) is 27.3 Å². The molecule has 0 unspecified atom stereocenters. The average molecular weight is 392 g/mol. The molecule has 0 spiro atoms. The van der Waals surface area contributed by atoms with Crippen LogP contribution in [0.1, 0.15) is 23.1 Å². The van der Waals surface area contributed by atoms with E-state index >= 15 is 0 Å². The van der Waals surface area contributed by atoms with E-state index in [-0.39, 0.29) is 23.0 Å². The van der Waals surface area contributed by atoms with Gasteiger partial charge < -0.3 is 21.7 Å². The van der Waals surface area contributed by atoms with E-state index in [9.17, 15) is 4.79 Å². The van der Waals surface area contributed by atoms with Crippen LogP contribution in [0, 0.1) is 13.8 Å². The molecule has 0 aliphatic carbocycles. The van der Waals surface area contributed by atoms with E-state index in [1.54, 1.807) is 11.3 Å². The van der Waals surface area contributed by atoms with Crippen LogP contribution in [0.15, 0.2) is 42.5 Å². The molecule has 0 saturated heterocycles. The van der Waals surface area contributed by atoms with Gasteiger partial charge in [0.05, 0.1) is 6.07 Å². The van der Waals surface area contributed by atoms with Crippen LogP contribution >= 0.6 is 11.3 Å². The standard InChI is InChI=1S/C18H18NO2S.BrH/c1-12-5-4-6-15(9-12)11-19-13(2)22-18-8-7-16(10-17(18)19)21-14(3)20;/h4-10H,11H2,1-3H3;1H/q+1;/p-1. The minimum Gasteiger partial charge on any atom is -1.00 e. The topological polar surface area (TPSA) is 30.2 Å². The Morgan fingerprint density at radius 3 is 2.65 bits per heavy atom. The van der Waals surface area contributed by atoms with Crippen molar-refractivity contribution >= 4 is 27.5 Å². The summed E-state index contributed by atoms with van der Waals surface area (Å²) in [6.45, 7) is 6.46. The number of rotatable bonds is 3. The maximum absolute atomic E-state index is 11.1. The fourth-order valence-electron chi connectivity index (χ4n) is 2.60. The fourth-order valence-corrected chi connectivity index (χ4v) is 3.60. The third-order valence-electron chi connectivity index (χ3n) is 3.54. The number of nitrogens with zero attached hydrogens (tertiary/aromatic N) is 1. The van der Waals surface area contributed by atoms with Crippen LogP contribution in [-0.4, -0.2) is 5.97 Å². The van der Waals surface area contributed by atoms with E-state index in [1.165, 1.54) is 27.8 Å². The molecule has 0 aliphatic rings. The highest BCUT2D eigenvalue weighted by molar-refractivity contribution is 7.18. The van der Waals surface area contributed by atoms with Crippen LogP contribution < -0.4 is 26.3 Å². The van der Waals surface area contributed by atoms with Crippen molar-refractivity contribution in [2.24, 2.45) is 0 Å². The second-order valence-corrected chi connectivity index (χ2v) is 6.65. The summed E-state index contributed by atoms with van der Waals surface area (Å²) in [6, 6.07) is 14.3. The summed E-state index contributed by atoms with van der Waals surface area (Å²) in [5, 5.41) is 1.23. The Labute approximate surface area is 150 Å². The number of carbonyl (C=O) groups is 1. The number of hydrogen-bond acceptors (Lipinski definition) is 3. The molecule has 1 heterocycles. The van der Waals surface area contributed by atoms with Gasteiger partial charge in [0, 0.05) is 19.4 Å². The molecule has 5 heteroatoms. The highest BCUT2D eigenvalue weighted by atomic mass is 79.9. The largest absolute Gasteiger partial charge is 1.00 e. The van der Waals surface area contributed by atoms with Crippen LogP contribution in [0.5, 0.6) is 5.75 Å². The molecule has 23 heavy (non-hydrogen) atoms. The van der Waals surface area contributed by atoms with Crippen molar-refractivity contribution in [3.8, 4) is 5.75 Å². The van der Waals surface area contributed by atoms with Crippen molar-refractivity contribution in [1.82, 2.24) is 0 Å². The Morgan fingerprint density at radius 1 is 1.17 bits per heavy atom. The summed E-state index contributed by atoms with van der Waals surface area (Å²) in [5.74, 6) is 0.298. The van der Waals surface area contributed by atoms with Crippen molar-refractivity contribution in [2.75, 3.05) is 0 Å². The molecule has 1 aromatic heterocycles. The summed E-state index contributed by atoms with van der Waals surface area (Å²) >= 11 is 1.75. The quantitative estimate of drug-likeness (QED) is 0.375. The van der Waals surface area contributed by atoms with Gasteiger partial charge in [0.25, 0.3) is 0 Å². The molecule has 120 valence electrons. The van der Waals surface area contributed by atoms with Crippen molar-refractivity contribution in [1.29, 1.82) is 0 Å². The molecule has 3 nitrogen and oxygen atoms in total. The summed E-state index contributed by atoms with van der Waals surface area (Å²) in [4.78, 5) is 11.1. The Morgan fingerprint density at radius 2 is 1.96 bits per heavy atom. The lowest BCUT2D eigenvalue weighted by atomic mass is 10.1. The van der Waals surface area contributed by atoms with Crippen LogP contribution in [0.25, 0.3) is 10.2 Å². The third-order valence-corrected chi connectivity index (χ3v) is 4.62. The minimum absolute atomic E-state index is 0. The zero-order valence-electron chi connectivity index (χ0n) is 13.3. The Kier molecular flexibility index (Phi) is 5.55. The lowest BCUT2D eigenvalue weighted by Crippen LogP contribution is -3.00. The molecule has 0 amide bonds. The van der Waals surface area contributed by atoms with Crippen LogP contribution in [0.3, 0.4) is 0 Å². The van der Waals surface area contributed by atoms with Gasteiger partial charge in [-0.3, -0.25) is 4.79 Å². The number of esters is 1. The normalized spacial score (nSPS) is 10.4. The lowest BCUT2D eigenvalue weighted by Gasteiger charge is -2.02. The van der Waals surface area contributed by atoms with E-state index in [4.69, 9.17) is 4.74 Å². The molecule has 0 saturated carbocycles. The predicted octanol–water partition coefficient (Wildman–Crippen LogP) is 0.783. The maximum atomic E-state index is 11.1. The number of carbonyl (C=O) groups excluding carboxylic acids is 1. The zero-order chi connectivity index (χ0) is 15.7. The minimum atomic E-state index is -0.295. The lowest BCUT2D eigenvalue weighted by molar-refractivity contribution is -0.664. The SMILES string of the molecule is CC(=O)Oc1ccc2sc(C)[n+](Cc3cccc(C)c3)c2c1.[Br-]. The van der Waals surface area contributed by atoms with E-state index < -0.39 is 0 Å². The third kappa shape index (κ3) is 3.98. The number of thiazole rings is 1. The molecular formula is C18H18BrNO2S. The molecule has 2 aromatic carbocycles. The second-order valence-electron chi connectivity index (χ2n) is 5.42. The molecule has 3 aromatic rings. The molecule has 0 atom stereocenters. The average Bonchev–Trinajstić information content (AvgIpc) is 2.75. The molecule has 0 aliphatic heterocycles. The van der Waals surface area contributed by atoms with Crippen molar-refractivity contribution < 1.29 is 31.1 Å². The zero-order valence-corrected chi connectivity index (χ0v) is 15.7. The first kappa shape index (κ1) is 17.6. The Balaban J connectivity index is 0.00000192. The summed E-state index contributed by atoms with van der Waals surface area (Å²) in [6.07, 6.45) is 0. The second kappa shape index (κ2) is 7.23. The van der Waals surface area contributed by atoms with Gasteiger partial charge in [-0.2, -0.15) is 4.57 Å². The number of hydrogen-bond donors (Lipinski definition) is 0. The first-order chi connectivity index (χ1) is 10.5. The highest BCUT2D eigenvalue weighted by Gasteiger charge is 2.18. The predicted molar refractivity (Wildman–Crippen MR) is 88.3 cm³/mol. The molecule has 0 fully saturated rings. The molecule has 0 bridgehead atoms. The van der Waals surface area contributed by atoms with Gasteiger partial charge >= 0.3 is 5.97 Å². The van der Waals surface area contributed by atoms with Crippen LogP contribution in [0.2, 0.25) is 0 Å². The molecular weight excluding hydrogens is 374 g/mol. The highest BCUT2D eigenvalue weighted by Crippen LogP contribution is 2.25. The fraction of sp³-hybridized carbons (Fsp3) is 0.222. The number of benzene rings is 2. The van der Waals surface area contributed by atoms with Gasteiger partial charge in [0.1, 0.15) is 10.4 Å². The molecule has 3 rings (SSSR count). The van der Waals surface area contributed by atoms with Gasteiger partial charge in [0.15, 0.2) is 6.54 Å². The van der Waals surface area contributed by atoms with E-state index in [1.807, 2.05) is 18.2 Å². The van der Waals surface area contributed by atoms with E-state index in [2.05, 4.69) is 42.7 Å². The molecule has 0 radical (unpaired) electrons. The number of halogens is 1. The summed E-state index contributed by atoms with van der Waals surface area (Å²) < 4.78 is 8.67. The smallest absolute Gasteiger partial charge is 0.308 e. The monoisotopic (exact) mass is 391 g/mol. The number of ether oxygens (including phenoxy) is 1. The first-order valence-electron chi connectivity index (χ1n) is 7.20. The van der Waals surface area contributed by atoms with Crippen LogP contribution in [0.4, 0.5) is 0 Å².